The van der Waals surface area contributed by atoms with Crippen molar-refractivity contribution in [3.8, 4) is 0 Å². The van der Waals surface area contributed by atoms with E-state index in [1.807, 2.05) is 0 Å². The zero-order valence-electron chi connectivity index (χ0n) is 80.6. The summed E-state index contributed by atoms with van der Waals surface area (Å²) in [6.07, 6.45) is -6.93. The number of carboxylic acid groups (broad SMARTS) is 2. The standard InChI is InChI=1S/C92H136N24O25/c1-11-48(8)72-88(138)110-71(47(6)7)87(137)113-74(50(10)118)91(141)116-37-20-27-62(116)82(132)101-54(26-18-34-98-92(95)96)77(127)112-73(49(9)117)90(140)115-36-21-28-63(115)83(133)102-56(31-33-68(123)124)76(126)107-61(42-66(94)120)89(139)114-35-19-29-64(114)84(134)108-70(46(4)5)86(136)109-69(45(2)3)85(135)106-59(40-53-43-97-44-99-53)80(130)104-58(39-52-24-16-13-17-25-52)79(129)103-57(38-51-22-14-12-15-23-51)78(128)100-55(30-32-67(121)122)75(125)105-60(41-65(93)119)81(131)111-72/h12-17,22-25,43-50,54-64,69-74,117-118H,11,18-21,26-42H2,1-10H3,(H2,93,119)(H2,94,120)(H,97,99)(H,100,128)(H,101,132)(H,102,133)(H,103,129)(H,104,130)(H,105,125)(H,106,135)(H,107,126)(H,108,134)(H,109,136)(H,110,138)(H,111,131)(H,112,127)(H,113,137)(H,121,122)(H,123,124)(H4,95,96,98)/t48-,49+,50+,54-,55-,56-,57-,58-,59-,60-,61-,62-,63-,64-,69-,70-,71-,72-,73-,74-/m0/s1. The van der Waals surface area contributed by atoms with Crippen LogP contribution in [0, 0.1) is 29.1 Å². The van der Waals surface area contributed by atoms with Crippen LogP contribution in [-0.2, 0) is 120 Å². The molecule has 0 unspecified atom stereocenters. The number of aliphatic hydroxyl groups excluding tert-OH is 2. The molecule has 7 rings (SSSR count). The molecule has 4 fully saturated rings. The lowest BCUT2D eigenvalue weighted by molar-refractivity contribution is -0.146. The van der Waals surface area contributed by atoms with E-state index in [4.69, 9.17) is 22.6 Å². The normalized spacial score (nSPS) is 26.6. The predicted molar refractivity (Wildman–Crippen MR) is 502 cm³/mol. The molecule has 5 heterocycles. The van der Waals surface area contributed by atoms with Gasteiger partial charge in [0.15, 0.2) is 5.96 Å². The van der Waals surface area contributed by atoms with Crippen molar-refractivity contribution in [2.75, 3.05) is 26.2 Å². The van der Waals surface area contributed by atoms with Crippen LogP contribution in [0.1, 0.15) is 182 Å². The van der Waals surface area contributed by atoms with E-state index in [0.717, 1.165) is 28.5 Å². The molecule has 49 heteroatoms. The average molecular weight is 1980 g/mol. The molecule has 4 saturated heterocycles. The Hall–Kier alpha value is -14.3. The fourth-order valence-electron chi connectivity index (χ4n) is 16.8. The van der Waals surface area contributed by atoms with Crippen LogP contribution in [0.2, 0.25) is 0 Å². The molecular weight excluding hydrogens is 1840 g/mol. The Balaban J connectivity index is 1.29. The molecule has 19 amide bonds. The molecule has 141 heavy (non-hydrogen) atoms. The van der Waals surface area contributed by atoms with Crippen molar-refractivity contribution in [2.45, 2.75) is 300 Å². The molecule has 0 saturated carbocycles. The van der Waals surface area contributed by atoms with E-state index < -0.39 is 307 Å². The first-order valence-electron chi connectivity index (χ1n) is 47.3. The molecular formula is C92H136N24O25. The molecule has 4 aliphatic rings. The number of benzene rings is 2. The van der Waals surface area contributed by atoms with Gasteiger partial charge >= 0.3 is 11.9 Å². The fourth-order valence-corrected chi connectivity index (χ4v) is 16.8. The molecule has 3 aromatic rings. The number of hydrogen-bond donors (Lipinski definition) is 24. The number of carboxylic acids is 2. The molecule has 49 nitrogen and oxygen atoms in total. The lowest BCUT2D eigenvalue weighted by Gasteiger charge is -2.33. The predicted octanol–water partition coefficient (Wildman–Crippen LogP) is -6.27. The van der Waals surface area contributed by atoms with E-state index in [0.29, 0.717) is 11.1 Å². The van der Waals surface area contributed by atoms with Crippen molar-refractivity contribution in [1.82, 2.24) is 104 Å². The van der Waals surface area contributed by atoms with Crippen LogP contribution >= 0.6 is 0 Å². The number of guanidine groups is 1. The highest BCUT2D eigenvalue weighted by atomic mass is 16.4. The van der Waals surface area contributed by atoms with Gasteiger partial charge in [0, 0.05) is 64.5 Å². The van der Waals surface area contributed by atoms with Crippen LogP contribution < -0.4 is 97.0 Å². The molecule has 0 aliphatic carbocycles. The number of amides is 19. The minimum absolute atomic E-state index is 0.0248. The molecule has 0 spiro atoms. The number of primary amides is 2. The van der Waals surface area contributed by atoms with Crippen molar-refractivity contribution in [1.29, 1.82) is 5.41 Å². The second-order valence-electron chi connectivity index (χ2n) is 36.9. The molecule has 1 aromatic heterocycles. The third-order valence-corrected chi connectivity index (χ3v) is 24.8. The van der Waals surface area contributed by atoms with Crippen molar-refractivity contribution in [3.63, 3.8) is 0 Å². The first-order valence-corrected chi connectivity index (χ1v) is 47.3. The molecule has 27 N–H and O–H groups in total. The van der Waals surface area contributed by atoms with Gasteiger partial charge in [-0.25, -0.2) is 4.98 Å². The number of fused-ring (bicyclic) bond motifs is 3. The number of aliphatic carboxylic acids is 2. The SMILES string of the molecule is CC[C@H](C)[C@@H]1NC(=O)[C@H](CC(N)=O)NC(=O)[C@H](CCC(=O)O)NC(=O)[C@H](Cc2ccccc2)NC(=O)[C@H](Cc2ccccc2)NC(=O)[C@H](Cc2c[nH]cn2)NC(=O)[C@H](C(C)C)NC(=O)[C@H](C(C)C)NC(=O)[C@@H]2CCCN2C(=O)[C@H](CC(N)=O)NC(=O)[C@H](CCC(=O)O)NC(=O)[C@@H]2CCCN2C(=O)[C@H]([C@@H](C)O)NC(=O)[C@H](CCCNC(=N)N)NC(=O)[C@@H]2CCCN2C(=O)[C@H]([C@@H](C)O)NC(=O)[C@H](C(C)C)NC1=O. The van der Waals surface area contributed by atoms with Crippen molar-refractivity contribution in [3.05, 3.63) is 90.0 Å². The van der Waals surface area contributed by atoms with Gasteiger partial charge in [0.1, 0.15) is 103 Å². The summed E-state index contributed by atoms with van der Waals surface area (Å²) >= 11 is 0. The van der Waals surface area contributed by atoms with Gasteiger partial charge in [-0.05, 0) is 113 Å². The van der Waals surface area contributed by atoms with E-state index >= 15 is 14.4 Å². The van der Waals surface area contributed by atoms with Crippen molar-refractivity contribution >= 4 is 130 Å². The minimum atomic E-state index is -2.01. The number of imidazole rings is 1. The van der Waals surface area contributed by atoms with Gasteiger partial charge in [-0.2, -0.15) is 0 Å². The Bertz CT molecular complexity index is 4950. The number of nitrogens with two attached hydrogens (primary N) is 3. The number of aromatic nitrogens is 2. The lowest BCUT2D eigenvalue weighted by atomic mass is 9.95. The summed E-state index contributed by atoms with van der Waals surface area (Å²) in [4.78, 5) is 313. The van der Waals surface area contributed by atoms with Gasteiger partial charge in [-0.3, -0.25) is 106 Å². The van der Waals surface area contributed by atoms with Crippen LogP contribution in [0.3, 0.4) is 0 Å². The molecule has 0 bridgehead atoms. The zero-order valence-corrected chi connectivity index (χ0v) is 80.6. The van der Waals surface area contributed by atoms with Crippen LogP contribution in [0.15, 0.2) is 73.2 Å². The number of carbonyl (C=O) groups is 21. The summed E-state index contributed by atoms with van der Waals surface area (Å²) in [6, 6.07) is -12.6. The highest BCUT2D eigenvalue weighted by molar-refractivity contribution is 6.04. The number of carbonyl (C=O) groups excluding carboxylic acids is 19. The minimum Gasteiger partial charge on any atom is -0.481 e. The molecule has 4 aliphatic heterocycles. The summed E-state index contributed by atoms with van der Waals surface area (Å²) in [5, 5.41) is 88.6. The van der Waals surface area contributed by atoms with Gasteiger partial charge < -0.3 is 137 Å². The van der Waals surface area contributed by atoms with Gasteiger partial charge in [0.05, 0.1) is 37.1 Å². The Morgan fingerprint density at radius 3 is 1.10 bits per heavy atom. The van der Waals surface area contributed by atoms with E-state index in [2.05, 4.69) is 89.7 Å². The topological polar surface area (TPSA) is 760 Å². The number of aliphatic hydroxyl groups is 2. The smallest absolute Gasteiger partial charge is 0.303 e. The maximum Gasteiger partial charge on any atom is 0.303 e. The van der Waals surface area contributed by atoms with Gasteiger partial charge in [-0.15, -0.1) is 0 Å². The summed E-state index contributed by atoms with van der Waals surface area (Å²) < 4.78 is 0. The number of H-pyrrole nitrogens is 1. The number of nitrogens with one attached hydrogen (secondary N) is 17. The molecule has 2 aromatic carbocycles. The second-order valence-corrected chi connectivity index (χ2v) is 36.9. The first-order chi connectivity index (χ1) is 66.6. The Morgan fingerprint density at radius 1 is 0.397 bits per heavy atom. The van der Waals surface area contributed by atoms with E-state index in [1.54, 1.807) is 95.3 Å². The van der Waals surface area contributed by atoms with Crippen LogP contribution in [-0.4, -0.2) is 316 Å². The molecule has 20 atom stereocenters. The second kappa shape index (κ2) is 54.3. The van der Waals surface area contributed by atoms with Crippen molar-refractivity contribution < 1.29 is 121 Å². The van der Waals surface area contributed by atoms with Crippen LogP contribution in [0.4, 0.5) is 0 Å². The highest BCUT2D eigenvalue weighted by Crippen LogP contribution is 2.26. The van der Waals surface area contributed by atoms with E-state index in [-0.39, 0.29) is 109 Å². The van der Waals surface area contributed by atoms with E-state index in [1.165, 1.54) is 33.3 Å². The number of aromatic amines is 1. The number of hydrogen-bond acceptors (Lipinski definition) is 25. The maximum atomic E-state index is 15.3. The monoisotopic (exact) mass is 1980 g/mol. The summed E-state index contributed by atoms with van der Waals surface area (Å²) in [6.45, 7) is 14.0. The lowest BCUT2D eigenvalue weighted by Crippen LogP contribution is -2.63. The van der Waals surface area contributed by atoms with Gasteiger partial charge in [0.25, 0.3) is 0 Å². The zero-order chi connectivity index (χ0) is 105. The maximum absolute atomic E-state index is 15.3. The average Bonchev–Trinajstić information content (AvgIpc) is 1.73. The Morgan fingerprint density at radius 2 is 0.709 bits per heavy atom. The summed E-state index contributed by atoms with van der Waals surface area (Å²) in [5.74, 6) is -27.4. The first kappa shape index (κ1) is 114. The van der Waals surface area contributed by atoms with Crippen LogP contribution in [0.5, 0.6) is 0 Å². The number of rotatable bonds is 27. The molecule has 0 radical (unpaired) electrons. The van der Waals surface area contributed by atoms with Crippen molar-refractivity contribution in [2.24, 2.45) is 40.9 Å². The van der Waals surface area contributed by atoms with Gasteiger partial charge in [-0.1, -0.05) is 122 Å². The highest BCUT2D eigenvalue weighted by Gasteiger charge is 2.48. The van der Waals surface area contributed by atoms with E-state index in [9.17, 15) is 107 Å². The summed E-state index contributed by atoms with van der Waals surface area (Å²) in [5.41, 5.74) is 17.9. The Labute approximate surface area is 814 Å². The third-order valence-electron chi connectivity index (χ3n) is 24.8. The summed E-state index contributed by atoms with van der Waals surface area (Å²) in [7, 11) is 0. The quantitative estimate of drug-likeness (QED) is 0.0192. The fraction of sp³-hybridized carbons (Fsp3) is 0.598. The van der Waals surface area contributed by atoms with Gasteiger partial charge in [0.2, 0.25) is 112 Å². The largest absolute Gasteiger partial charge is 0.481 e. The number of nitrogens with zero attached hydrogens (tertiary/aromatic N) is 4. The van der Waals surface area contributed by atoms with Crippen LogP contribution in [0.25, 0.3) is 0 Å². The third kappa shape index (κ3) is 34.0. The molecule has 774 valence electrons. The Kier molecular flexibility index (Phi) is 43.8.